The predicted molar refractivity (Wildman–Crippen MR) is 105 cm³/mol. The van der Waals surface area contributed by atoms with Gasteiger partial charge < -0.3 is 4.90 Å². The molecule has 2 nitrogen and oxygen atoms in total. The van der Waals surface area contributed by atoms with E-state index in [2.05, 4.69) is 40.2 Å². The molecule has 0 atom stereocenters. The SMILES string of the molecule is O=C(Cc1ccc(Br)cc1)N(Cc1ccccc1)Cc1ccccc1. The van der Waals surface area contributed by atoms with Crippen molar-refractivity contribution in [1.29, 1.82) is 0 Å². The molecule has 0 aliphatic carbocycles. The van der Waals surface area contributed by atoms with Gasteiger partial charge >= 0.3 is 0 Å². The summed E-state index contributed by atoms with van der Waals surface area (Å²) in [6.45, 7) is 1.23. The van der Waals surface area contributed by atoms with E-state index < -0.39 is 0 Å². The quantitative estimate of drug-likeness (QED) is 0.561. The van der Waals surface area contributed by atoms with Crippen molar-refractivity contribution in [1.82, 2.24) is 4.90 Å². The van der Waals surface area contributed by atoms with Gasteiger partial charge in [-0.15, -0.1) is 0 Å². The van der Waals surface area contributed by atoms with Crippen LogP contribution in [0.4, 0.5) is 0 Å². The van der Waals surface area contributed by atoms with Gasteiger partial charge in [0.25, 0.3) is 0 Å². The van der Waals surface area contributed by atoms with Gasteiger partial charge in [-0.25, -0.2) is 0 Å². The molecule has 0 fully saturated rings. The molecule has 1 amide bonds. The highest BCUT2D eigenvalue weighted by Gasteiger charge is 2.15. The summed E-state index contributed by atoms with van der Waals surface area (Å²) in [5.41, 5.74) is 3.31. The van der Waals surface area contributed by atoms with Gasteiger partial charge in [-0.3, -0.25) is 4.79 Å². The molecule has 0 aromatic heterocycles. The number of hydrogen-bond acceptors (Lipinski definition) is 1. The Morgan fingerprint density at radius 2 is 1.16 bits per heavy atom. The van der Waals surface area contributed by atoms with Crippen molar-refractivity contribution in [2.45, 2.75) is 19.5 Å². The number of nitrogens with zero attached hydrogens (tertiary/aromatic N) is 1. The van der Waals surface area contributed by atoms with E-state index in [4.69, 9.17) is 0 Å². The number of amides is 1. The molecule has 3 aromatic carbocycles. The first-order chi connectivity index (χ1) is 12.2. The molecule has 0 spiro atoms. The average molecular weight is 394 g/mol. The largest absolute Gasteiger partial charge is 0.334 e. The van der Waals surface area contributed by atoms with E-state index in [-0.39, 0.29) is 5.91 Å². The average Bonchev–Trinajstić information content (AvgIpc) is 2.65. The molecule has 3 aromatic rings. The van der Waals surface area contributed by atoms with Crippen LogP contribution in [0.2, 0.25) is 0 Å². The highest BCUT2D eigenvalue weighted by atomic mass is 79.9. The Hall–Kier alpha value is -2.39. The Morgan fingerprint density at radius 3 is 1.64 bits per heavy atom. The first-order valence-corrected chi connectivity index (χ1v) is 9.10. The van der Waals surface area contributed by atoms with Crippen LogP contribution in [0.25, 0.3) is 0 Å². The van der Waals surface area contributed by atoms with Crippen molar-refractivity contribution in [3.8, 4) is 0 Å². The zero-order valence-electron chi connectivity index (χ0n) is 13.9. The van der Waals surface area contributed by atoms with Crippen molar-refractivity contribution in [3.05, 3.63) is 106 Å². The molecule has 25 heavy (non-hydrogen) atoms. The Labute approximate surface area is 157 Å². The fourth-order valence-electron chi connectivity index (χ4n) is 2.73. The molecule has 0 N–H and O–H groups in total. The summed E-state index contributed by atoms with van der Waals surface area (Å²) in [7, 11) is 0. The summed E-state index contributed by atoms with van der Waals surface area (Å²) in [4.78, 5) is 14.8. The second kappa shape index (κ2) is 8.63. The standard InChI is InChI=1S/C22H20BrNO/c23-21-13-11-18(12-14-21)15-22(25)24(16-19-7-3-1-4-8-19)17-20-9-5-2-6-10-20/h1-14H,15-17H2. The van der Waals surface area contributed by atoms with Crippen LogP contribution in [0.1, 0.15) is 16.7 Å². The Balaban J connectivity index is 1.76. The molecular formula is C22H20BrNO. The fourth-order valence-corrected chi connectivity index (χ4v) is 2.99. The molecule has 0 radical (unpaired) electrons. The van der Waals surface area contributed by atoms with E-state index in [0.29, 0.717) is 19.5 Å². The molecule has 0 unspecified atom stereocenters. The van der Waals surface area contributed by atoms with Crippen LogP contribution in [-0.4, -0.2) is 10.8 Å². The van der Waals surface area contributed by atoms with Gasteiger partial charge in [-0.05, 0) is 28.8 Å². The van der Waals surface area contributed by atoms with Gasteiger partial charge in [0.2, 0.25) is 5.91 Å². The van der Waals surface area contributed by atoms with E-state index in [1.54, 1.807) is 0 Å². The van der Waals surface area contributed by atoms with Crippen LogP contribution >= 0.6 is 15.9 Å². The third-order valence-corrected chi connectivity index (χ3v) is 4.58. The third kappa shape index (κ3) is 5.30. The topological polar surface area (TPSA) is 20.3 Å². The van der Waals surface area contributed by atoms with Gasteiger partial charge in [0, 0.05) is 17.6 Å². The summed E-state index contributed by atoms with van der Waals surface area (Å²) < 4.78 is 1.02. The molecule has 126 valence electrons. The maximum absolute atomic E-state index is 12.9. The summed E-state index contributed by atoms with van der Waals surface area (Å²) >= 11 is 3.43. The number of benzene rings is 3. The number of carbonyl (C=O) groups excluding carboxylic acids is 1. The molecular weight excluding hydrogens is 374 g/mol. The van der Waals surface area contributed by atoms with Crippen LogP contribution in [-0.2, 0) is 24.3 Å². The second-order valence-corrected chi connectivity index (χ2v) is 6.94. The molecule has 3 heteroatoms. The van der Waals surface area contributed by atoms with Crippen LogP contribution in [0, 0.1) is 0 Å². The lowest BCUT2D eigenvalue weighted by atomic mass is 10.1. The van der Waals surface area contributed by atoms with E-state index in [1.807, 2.05) is 65.6 Å². The molecule has 0 bridgehead atoms. The molecule has 0 aliphatic rings. The molecule has 3 rings (SSSR count). The lowest BCUT2D eigenvalue weighted by Gasteiger charge is -2.23. The van der Waals surface area contributed by atoms with Crippen LogP contribution in [0.3, 0.4) is 0 Å². The predicted octanol–water partition coefficient (Wildman–Crippen LogP) is 5.22. The summed E-state index contributed by atoms with van der Waals surface area (Å²) in [5.74, 6) is 0.134. The Bertz CT molecular complexity index is 759. The van der Waals surface area contributed by atoms with Crippen molar-refractivity contribution in [3.63, 3.8) is 0 Å². The number of hydrogen-bond donors (Lipinski definition) is 0. The van der Waals surface area contributed by atoms with Gasteiger partial charge in [0.05, 0.1) is 6.42 Å². The van der Waals surface area contributed by atoms with Crippen molar-refractivity contribution >= 4 is 21.8 Å². The van der Waals surface area contributed by atoms with Crippen LogP contribution in [0.5, 0.6) is 0 Å². The first kappa shape index (κ1) is 17.4. The lowest BCUT2D eigenvalue weighted by molar-refractivity contribution is -0.131. The van der Waals surface area contributed by atoms with E-state index in [0.717, 1.165) is 21.2 Å². The number of carbonyl (C=O) groups is 1. The van der Waals surface area contributed by atoms with E-state index in [9.17, 15) is 4.79 Å². The zero-order valence-corrected chi connectivity index (χ0v) is 15.5. The Morgan fingerprint density at radius 1 is 0.680 bits per heavy atom. The highest BCUT2D eigenvalue weighted by molar-refractivity contribution is 9.10. The normalized spacial score (nSPS) is 10.4. The van der Waals surface area contributed by atoms with Crippen LogP contribution < -0.4 is 0 Å². The maximum atomic E-state index is 12.9. The van der Waals surface area contributed by atoms with Crippen molar-refractivity contribution < 1.29 is 4.79 Å². The number of rotatable bonds is 6. The smallest absolute Gasteiger partial charge is 0.227 e. The van der Waals surface area contributed by atoms with Crippen LogP contribution in [0.15, 0.2) is 89.4 Å². The summed E-state index contributed by atoms with van der Waals surface area (Å²) in [6, 6.07) is 28.2. The summed E-state index contributed by atoms with van der Waals surface area (Å²) in [5, 5.41) is 0. The van der Waals surface area contributed by atoms with Crippen molar-refractivity contribution in [2.24, 2.45) is 0 Å². The lowest BCUT2D eigenvalue weighted by Crippen LogP contribution is -2.31. The Kier molecular flexibility index (Phi) is 6.02. The number of halogens is 1. The van der Waals surface area contributed by atoms with Gasteiger partial charge in [-0.1, -0.05) is 88.7 Å². The zero-order chi connectivity index (χ0) is 17.5. The first-order valence-electron chi connectivity index (χ1n) is 8.31. The monoisotopic (exact) mass is 393 g/mol. The maximum Gasteiger partial charge on any atom is 0.227 e. The molecule has 0 saturated heterocycles. The van der Waals surface area contributed by atoms with Gasteiger partial charge in [-0.2, -0.15) is 0 Å². The molecule has 0 heterocycles. The van der Waals surface area contributed by atoms with Gasteiger partial charge in [0.1, 0.15) is 0 Å². The van der Waals surface area contributed by atoms with Crippen molar-refractivity contribution in [2.75, 3.05) is 0 Å². The minimum Gasteiger partial charge on any atom is -0.334 e. The summed E-state index contributed by atoms with van der Waals surface area (Å²) in [6.07, 6.45) is 0.410. The van der Waals surface area contributed by atoms with Gasteiger partial charge in [0.15, 0.2) is 0 Å². The van der Waals surface area contributed by atoms with E-state index >= 15 is 0 Å². The minimum atomic E-state index is 0.134. The van der Waals surface area contributed by atoms with E-state index in [1.165, 1.54) is 0 Å². The molecule has 0 aliphatic heterocycles. The molecule has 0 saturated carbocycles. The minimum absolute atomic E-state index is 0.134. The second-order valence-electron chi connectivity index (χ2n) is 6.02. The fraction of sp³-hybridized carbons (Fsp3) is 0.136. The third-order valence-electron chi connectivity index (χ3n) is 4.05. The highest BCUT2D eigenvalue weighted by Crippen LogP contribution is 2.15.